The highest BCUT2D eigenvalue weighted by molar-refractivity contribution is 6.30. The summed E-state index contributed by atoms with van der Waals surface area (Å²) in [4.78, 5) is 3.86. The number of benzene rings is 1. The van der Waals surface area contributed by atoms with Gasteiger partial charge in [0.1, 0.15) is 5.82 Å². The fraction of sp³-hybridized carbons (Fsp3) is 0.125. The van der Waals surface area contributed by atoms with Crippen LogP contribution in [0.15, 0.2) is 23.2 Å². The number of amidine groups is 1. The van der Waals surface area contributed by atoms with E-state index in [1.807, 2.05) is 0 Å². The molecule has 64 valence electrons. The molecular formula is C8H8ClFN2. The summed E-state index contributed by atoms with van der Waals surface area (Å²) in [7, 11) is 0. The van der Waals surface area contributed by atoms with E-state index in [2.05, 4.69) is 4.99 Å². The Bertz CT molecular complexity index is 319. The second-order valence-corrected chi connectivity index (χ2v) is 2.76. The Labute approximate surface area is 74.9 Å². The summed E-state index contributed by atoms with van der Waals surface area (Å²) in [5, 5.41) is 0.0867. The predicted octanol–water partition coefficient (Wildman–Crippen LogP) is 2.49. The van der Waals surface area contributed by atoms with Crippen molar-refractivity contribution >= 4 is 23.1 Å². The van der Waals surface area contributed by atoms with Crippen molar-refractivity contribution in [2.75, 3.05) is 0 Å². The molecule has 12 heavy (non-hydrogen) atoms. The van der Waals surface area contributed by atoms with Crippen molar-refractivity contribution in [3.05, 3.63) is 29.0 Å². The molecule has 2 N–H and O–H groups in total. The van der Waals surface area contributed by atoms with Crippen LogP contribution in [0, 0.1) is 5.82 Å². The number of hydrogen-bond acceptors (Lipinski definition) is 1. The maximum absolute atomic E-state index is 12.8. The van der Waals surface area contributed by atoms with Crippen molar-refractivity contribution < 1.29 is 4.39 Å². The summed E-state index contributed by atoms with van der Waals surface area (Å²) in [5.41, 5.74) is 5.78. The van der Waals surface area contributed by atoms with Gasteiger partial charge < -0.3 is 5.73 Å². The molecule has 0 spiro atoms. The largest absolute Gasteiger partial charge is 0.387 e. The lowest BCUT2D eigenvalue weighted by Crippen LogP contribution is -2.03. The van der Waals surface area contributed by atoms with Gasteiger partial charge in [0.05, 0.1) is 16.5 Å². The lowest BCUT2D eigenvalue weighted by Gasteiger charge is -1.96. The first-order chi connectivity index (χ1) is 5.59. The molecule has 4 heteroatoms. The number of nitrogens with two attached hydrogens (primary N) is 1. The van der Waals surface area contributed by atoms with E-state index in [4.69, 9.17) is 17.3 Å². The van der Waals surface area contributed by atoms with E-state index in [1.54, 1.807) is 13.0 Å². The molecule has 0 aliphatic rings. The molecule has 1 aromatic rings. The summed E-state index contributed by atoms with van der Waals surface area (Å²) < 4.78 is 12.8. The third-order valence-electron chi connectivity index (χ3n) is 1.21. The van der Waals surface area contributed by atoms with Gasteiger partial charge in [-0.05, 0) is 19.1 Å². The molecule has 0 bridgehead atoms. The first-order valence-corrected chi connectivity index (χ1v) is 3.73. The molecule has 0 unspecified atom stereocenters. The molecule has 2 nitrogen and oxygen atoms in total. The van der Waals surface area contributed by atoms with Gasteiger partial charge in [0.25, 0.3) is 0 Å². The second-order valence-electron chi connectivity index (χ2n) is 2.35. The third kappa shape index (κ3) is 2.20. The van der Waals surface area contributed by atoms with Crippen LogP contribution in [0.1, 0.15) is 6.92 Å². The standard InChI is InChI=1S/C8H8ClFN2/c1-5(11)12-6-2-3-7(9)8(10)4-6/h2-4H,1H3,(H2,11,12). The van der Waals surface area contributed by atoms with E-state index >= 15 is 0 Å². The van der Waals surface area contributed by atoms with Gasteiger partial charge in [0.2, 0.25) is 0 Å². The highest BCUT2D eigenvalue weighted by Gasteiger charge is 1.98. The molecule has 0 aliphatic carbocycles. The number of halogens is 2. The van der Waals surface area contributed by atoms with Crippen LogP contribution in [0.2, 0.25) is 5.02 Å². The van der Waals surface area contributed by atoms with Crippen molar-refractivity contribution in [1.82, 2.24) is 0 Å². The van der Waals surface area contributed by atoms with Crippen molar-refractivity contribution in [3.8, 4) is 0 Å². The fourth-order valence-corrected chi connectivity index (χ4v) is 0.876. The Hall–Kier alpha value is -1.09. The number of aliphatic imine (C=N–C) groups is 1. The molecule has 0 fully saturated rings. The molecule has 1 aromatic carbocycles. The number of rotatable bonds is 1. The summed E-state index contributed by atoms with van der Waals surface area (Å²) in [6.07, 6.45) is 0. The first-order valence-electron chi connectivity index (χ1n) is 3.35. The average molecular weight is 187 g/mol. The summed E-state index contributed by atoms with van der Waals surface area (Å²) in [5.74, 6) is -0.101. The molecule has 0 atom stereocenters. The van der Waals surface area contributed by atoms with Gasteiger partial charge in [-0.25, -0.2) is 9.38 Å². The van der Waals surface area contributed by atoms with Gasteiger partial charge in [-0.1, -0.05) is 11.6 Å². The normalized spacial score (nSPS) is 11.8. The minimum absolute atomic E-state index is 0.0867. The monoisotopic (exact) mass is 186 g/mol. The predicted molar refractivity (Wildman–Crippen MR) is 48.4 cm³/mol. The van der Waals surface area contributed by atoms with Crippen LogP contribution in [-0.4, -0.2) is 5.84 Å². The summed E-state index contributed by atoms with van der Waals surface area (Å²) >= 11 is 5.46. The van der Waals surface area contributed by atoms with Crippen LogP contribution in [-0.2, 0) is 0 Å². The lowest BCUT2D eigenvalue weighted by atomic mass is 10.3. The van der Waals surface area contributed by atoms with Crippen LogP contribution in [0.4, 0.5) is 10.1 Å². The molecule has 0 saturated carbocycles. The quantitative estimate of drug-likeness (QED) is 0.531. The van der Waals surface area contributed by atoms with Crippen molar-refractivity contribution in [1.29, 1.82) is 0 Å². The SMILES string of the molecule is CC(N)=Nc1ccc(Cl)c(F)c1. The second kappa shape index (κ2) is 3.54. The Morgan fingerprint density at radius 1 is 1.58 bits per heavy atom. The van der Waals surface area contributed by atoms with E-state index in [0.29, 0.717) is 11.5 Å². The molecule has 0 radical (unpaired) electrons. The van der Waals surface area contributed by atoms with Crippen molar-refractivity contribution in [2.45, 2.75) is 6.92 Å². The van der Waals surface area contributed by atoms with E-state index in [-0.39, 0.29) is 5.02 Å². The highest BCUT2D eigenvalue weighted by atomic mass is 35.5. The van der Waals surface area contributed by atoms with Crippen LogP contribution in [0.5, 0.6) is 0 Å². The Morgan fingerprint density at radius 2 is 2.25 bits per heavy atom. The van der Waals surface area contributed by atoms with Gasteiger partial charge in [-0.2, -0.15) is 0 Å². The highest BCUT2D eigenvalue weighted by Crippen LogP contribution is 2.20. The van der Waals surface area contributed by atoms with Crippen LogP contribution in [0.25, 0.3) is 0 Å². The summed E-state index contributed by atoms with van der Waals surface area (Å²) in [6.45, 7) is 1.63. The van der Waals surface area contributed by atoms with E-state index < -0.39 is 5.82 Å². The number of hydrogen-bond donors (Lipinski definition) is 1. The zero-order valence-electron chi connectivity index (χ0n) is 6.51. The van der Waals surface area contributed by atoms with Gasteiger partial charge in [-0.15, -0.1) is 0 Å². The molecular weight excluding hydrogens is 179 g/mol. The van der Waals surface area contributed by atoms with Crippen LogP contribution >= 0.6 is 11.6 Å². The molecule has 0 saturated heterocycles. The lowest BCUT2D eigenvalue weighted by molar-refractivity contribution is 0.628. The molecule has 0 aromatic heterocycles. The first kappa shape index (κ1) is 9.00. The van der Waals surface area contributed by atoms with E-state index in [0.717, 1.165) is 0 Å². The van der Waals surface area contributed by atoms with Crippen LogP contribution in [0.3, 0.4) is 0 Å². The zero-order chi connectivity index (χ0) is 9.14. The van der Waals surface area contributed by atoms with Gasteiger partial charge >= 0.3 is 0 Å². The average Bonchev–Trinajstić information content (AvgIpc) is 1.96. The Kier molecular flexibility index (Phi) is 2.65. The minimum atomic E-state index is -0.487. The van der Waals surface area contributed by atoms with Gasteiger partial charge in [0, 0.05) is 6.07 Å². The number of nitrogens with zero attached hydrogens (tertiary/aromatic N) is 1. The maximum Gasteiger partial charge on any atom is 0.143 e. The van der Waals surface area contributed by atoms with Gasteiger partial charge in [0.15, 0.2) is 0 Å². The maximum atomic E-state index is 12.8. The fourth-order valence-electron chi connectivity index (χ4n) is 0.758. The zero-order valence-corrected chi connectivity index (χ0v) is 7.27. The van der Waals surface area contributed by atoms with Gasteiger partial charge in [-0.3, -0.25) is 0 Å². The van der Waals surface area contributed by atoms with Crippen molar-refractivity contribution in [2.24, 2.45) is 10.7 Å². The summed E-state index contributed by atoms with van der Waals surface area (Å²) in [6, 6.07) is 4.28. The smallest absolute Gasteiger partial charge is 0.143 e. The molecule has 0 amide bonds. The van der Waals surface area contributed by atoms with Crippen molar-refractivity contribution in [3.63, 3.8) is 0 Å². The minimum Gasteiger partial charge on any atom is -0.387 e. The third-order valence-corrected chi connectivity index (χ3v) is 1.52. The Morgan fingerprint density at radius 3 is 2.75 bits per heavy atom. The molecule has 0 aliphatic heterocycles. The molecule has 1 rings (SSSR count). The van der Waals surface area contributed by atoms with Crippen LogP contribution < -0.4 is 5.73 Å². The van der Waals surface area contributed by atoms with E-state index in [9.17, 15) is 4.39 Å². The topological polar surface area (TPSA) is 38.4 Å². The molecule has 0 heterocycles. The van der Waals surface area contributed by atoms with E-state index in [1.165, 1.54) is 12.1 Å². The Balaban J connectivity index is 3.05.